The van der Waals surface area contributed by atoms with E-state index in [1.165, 1.54) is 6.42 Å². The summed E-state index contributed by atoms with van der Waals surface area (Å²) in [7, 11) is 0. The van der Waals surface area contributed by atoms with Gasteiger partial charge in [-0.1, -0.05) is 0 Å². The quantitative estimate of drug-likeness (QED) is 0.649. The summed E-state index contributed by atoms with van der Waals surface area (Å²) >= 11 is 0. The summed E-state index contributed by atoms with van der Waals surface area (Å²) in [6, 6.07) is 0.394. The molecule has 1 fully saturated rings. The van der Waals surface area contributed by atoms with E-state index >= 15 is 0 Å². The molecule has 12 heavy (non-hydrogen) atoms. The molecule has 3 nitrogen and oxygen atoms in total. The maximum atomic E-state index is 5.63. The first-order valence-electron chi connectivity index (χ1n) is 4.74. The highest BCUT2D eigenvalue weighted by Gasteiger charge is 2.29. The maximum Gasteiger partial charge on any atom is 0.0779 e. The maximum absolute atomic E-state index is 5.63. The Balaban J connectivity index is 2.21. The van der Waals surface area contributed by atoms with Crippen molar-refractivity contribution in [1.29, 1.82) is 0 Å². The molecule has 0 aromatic carbocycles. The lowest BCUT2D eigenvalue weighted by Crippen LogP contribution is -2.43. The average molecular weight is 172 g/mol. The second-order valence-electron chi connectivity index (χ2n) is 3.92. The first-order valence-corrected chi connectivity index (χ1v) is 4.74. The van der Waals surface area contributed by atoms with Gasteiger partial charge in [0.15, 0.2) is 0 Å². The number of nitrogens with one attached hydrogen (secondary N) is 1. The van der Waals surface area contributed by atoms with Crippen LogP contribution in [0.15, 0.2) is 0 Å². The Morgan fingerprint density at radius 2 is 2.42 bits per heavy atom. The third-order valence-electron chi connectivity index (χ3n) is 2.48. The van der Waals surface area contributed by atoms with Crippen molar-refractivity contribution in [2.75, 3.05) is 19.7 Å². The molecule has 0 amide bonds. The molecule has 3 N–H and O–H groups in total. The number of rotatable bonds is 4. The van der Waals surface area contributed by atoms with E-state index in [0.29, 0.717) is 12.6 Å². The summed E-state index contributed by atoms with van der Waals surface area (Å²) in [5, 5.41) is 3.36. The Bertz CT molecular complexity index is 132. The number of nitrogens with two attached hydrogens (primary N) is 1. The van der Waals surface area contributed by atoms with Crippen LogP contribution in [0.25, 0.3) is 0 Å². The lowest BCUT2D eigenvalue weighted by Gasteiger charge is -2.25. The molecule has 0 aliphatic carbocycles. The minimum atomic E-state index is 0.0590. The van der Waals surface area contributed by atoms with E-state index < -0.39 is 0 Å². The fourth-order valence-corrected chi connectivity index (χ4v) is 1.45. The van der Waals surface area contributed by atoms with Gasteiger partial charge in [-0.05, 0) is 26.7 Å². The van der Waals surface area contributed by atoms with E-state index in [4.69, 9.17) is 10.5 Å². The van der Waals surface area contributed by atoms with Crippen LogP contribution < -0.4 is 11.1 Å². The molecule has 1 unspecified atom stereocenters. The molecular weight excluding hydrogens is 152 g/mol. The van der Waals surface area contributed by atoms with Gasteiger partial charge in [0.2, 0.25) is 0 Å². The van der Waals surface area contributed by atoms with Gasteiger partial charge >= 0.3 is 0 Å². The molecule has 1 saturated heterocycles. The molecule has 1 aliphatic heterocycles. The average Bonchev–Trinajstić information content (AvgIpc) is 2.49. The van der Waals surface area contributed by atoms with Crippen LogP contribution >= 0.6 is 0 Å². The lowest BCUT2D eigenvalue weighted by atomic mass is 10.0. The van der Waals surface area contributed by atoms with Crippen molar-refractivity contribution in [3.8, 4) is 0 Å². The smallest absolute Gasteiger partial charge is 0.0779 e. The van der Waals surface area contributed by atoms with E-state index in [9.17, 15) is 0 Å². The van der Waals surface area contributed by atoms with Crippen LogP contribution in [0.1, 0.15) is 26.7 Å². The Hall–Kier alpha value is -0.120. The largest absolute Gasteiger partial charge is 0.374 e. The SMILES string of the molecule is C[C@@H](CN)NCC1(C)CCCO1. The van der Waals surface area contributed by atoms with Gasteiger partial charge in [0.05, 0.1) is 5.60 Å². The van der Waals surface area contributed by atoms with Gasteiger partial charge in [0, 0.05) is 25.7 Å². The van der Waals surface area contributed by atoms with Gasteiger partial charge < -0.3 is 15.8 Å². The topological polar surface area (TPSA) is 47.3 Å². The predicted octanol–water partition coefficient (Wildman–Crippen LogP) is 0.492. The highest BCUT2D eigenvalue weighted by molar-refractivity contribution is 4.83. The first-order chi connectivity index (χ1) is 5.66. The Kier molecular flexibility index (Phi) is 3.50. The number of hydrogen-bond donors (Lipinski definition) is 2. The van der Waals surface area contributed by atoms with Crippen molar-refractivity contribution < 1.29 is 4.74 Å². The fourth-order valence-electron chi connectivity index (χ4n) is 1.45. The van der Waals surface area contributed by atoms with Gasteiger partial charge in [-0.2, -0.15) is 0 Å². The first kappa shape index (κ1) is 9.96. The second-order valence-corrected chi connectivity index (χ2v) is 3.92. The van der Waals surface area contributed by atoms with Crippen molar-refractivity contribution >= 4 is 0 Å². The van der Waals surface area contributed by atoms with Crippen LogP contribution in [0.5, 0.6) is 0 Å². The minimum Gasteiger partial charge on any atom is -0.374 e. The third kappa shape index (κ3) is 2.73. The molecule has 0 bridgehead atoms. The van der Waals surface area contributed by atoms with Gasteiger partial charge in [-0.15, -0.1) is 0 Å². The zero-order valence-corrected chi connectivity index (χ0v) is 8.10. The minimum absolute atomic E-state index is 0.0590. The highest BCUT2D eigenvalue weighted by atomic mass is 16.5. The van der Waals surface area contributed by atoms with Crippen molar-refractivity contribution in [3.63, 3.8) is 0 Å². The van der Waals surface area contributed by atoms with E-state index in [2.05, 4.69) is 19.2 Å². The molecule has 0 aromatic rings. The summed E-state index contributed by atoms with van der Waals surface area (Å²) in [5.74, 6) is 0. The summed E-state index contributed by atoms with van der Waals surface area (Å²) in [4.78, 5) is 0. The van der Waals surface area contributed by atoms with E-state index in [1.807, 2.05) is 0 Å². The molecule has 0 spiro atoms. The molecule has 72 valence electrons. The zero-order chi connectivity index (χ0) is 9.03. The van der Waals surface area contributed by atoms with E-state index in [1.54, 1.807) is 0 Å². The lowest BCUT2D eigenvalue weighted by molar-refractivity contribution is 0.0193. The molecule has 1 aliphatic rings. The van der Waals surface area contributed by atoms with Crippen molar-refractivity contribution in [2.45, 2.75) is 38.3 Å². The molecule has 3 heteroatoms. The van der Waals surface area contributed by atoms with Crippen molar-refractivity contribution in [2.24, 2.45) is 5.73 Å². The van der Waals surface area contributed by atoms with Crippen LogP contribution in [0.2, 0.25) is 0 Å². The van der Waals surface area contributed by atoms with Crippen LogP contribution in [0.3, 0.4) is 0 Å². The van der Waals surface area contributed by atoms with Crippen LogP contribution in [0, 0.1) is 0 Å². The van der Waals surface area contributed by atoms with Crippen LogP contribution in [-0.2, 0) is 4.74 Å². The summed E-state index contributed by atoms with van der Waals surface area (Å²) in [5.41, 5.74) is 5.56. The third-order valence-corrected chi connectivity index (χ3v) is 2.48. The molecule has 0 saturated carbocycles. The molecule has 0 aromatic heterocycles. The summed E-state index contributed by atoms with van der Waals surface area (Å²) < 4.78 is 5.63. The molecular formula is C9H20N2O. The van der Waals surface area contributed by atoms with Crippen LogP contribution in [0.4, 0.5) is 0 Å². The Morgan fingerprint density at radius 1 is 1.67 bits per heavy atom. The predicted molar refractivity (Wildman–Crippen MR) is 50.1 cm³/mol. The molecule has 1 heterocycles. The van der Waals surface area contributed by atoms with Gasteiger partial charge in [0.25, 0.3) is 0 Å². The Morgan fingerprint density at radius 3 is 2.92 bits per heavy atom. The monoisotopic (exact) mass is 172 g/mol. The van der Waals surface area contributed by atoms with Crippen molar-refractivity contribution in [1.82, 2.24) is 5.32 Å². The Labute approximate surface area is 74.7 Å². The van der Waals surface area contributed by atoms with Crippen molar-refractivity contribution in [3.05, 3.63) is 0 Å². The molecule has 2 atom stereocenters. The standard InChI is InChI=1S/C9H20N2O/c1-8(6-10)11-7-9(2)4-3-5-12-9/h8,11H,3-7,10H2,1-2H3/t8-,9?/m0/s1. The molecule has 0 radical (unpaired) electrons. The van der Waals surface area contributed by atoms with E-state index in [0.717, 1.165) is 19.6 Å². The van der Waals surface area contributed by atoms with E-state index in [-0.39, 0.29) is 5.60 Å². The van der Waals surface area contributed by atoms with Gasteiger partial charge in [-0.3, -0.25) is 0 Å². The van der Waals surface area contributed by atoms with Crippen LogP contribution in [-0.4, -0.2) is 31.3 Å². The highest BCUT2D eigenvalue weighted by Crippen LogP contribution is 2.23. The number of ether oxygens (including phenoxy) is 1. The van der Waals surface area contributed by atoms with Gasteiger partial charge in [-0.25, -0.2) is 0 Å². The summed E-state index contributed by atoms with van der Waals surface area (Å²) in [6.45, 7) is 6.78. The normalized spacial score (nSPS) is 32.2. The number of hydrogen-bond acceptors (Lipinski definition) is 3. The second kappa shape index (κ2) is 4.21. The molecule has 1 rings (SSSR count). The fraction of sp³-hybridized carbons (Fsp3) is 1.00. The van der Waals surface area contributed by atoms with Gasteiger partial charge in [0.1, 0.15) is 0 Å². The summed E-state index contributed by atoms with van der Waals surface area (Å²) in [6.07, 6.45) is 2.35. The zero-order valence-electron chi connectivity index (χ0n) is 8.10.